The van der Waals surface area contributed by atoms with Gasteiger partial charge in [0.15, 0.2) is 5.69 Å². The third-order valence-corrected chi connectivity index (χ3v) is 4.60. The van der Waals surface area contributed by atoms with Gasteiger partial charge >= 0.3 is 5.97 Å². The van der Waals surface area contributed by atoms with E-state index in [2.05, 4.69) is 20.0 Å². The SMILES string of the molecule is CC(C)NS(=O)(=O)c1cccc(CNc2cnc(C(=O)O)cn2)c1. The first kappa shape index (κ1) is 17.8. The number of benzene rings is 1. The van der Waals surface area contributed by atoms with Crippen LogP contribution in [0.3, 0.4) is 0 Å². The maximum absolute atomic E-state index is 12.2. The van der Waals surface area contributed by atoms with Crippen LogP contribution in [0.2, 0.25) is 0 Å². The average Bonchev–Trinajstić information content (AvgIpc) is 2.52. The molecule has 3 N–H and O–H groups in total. The molecule has 0 aliphatic carbocycles. The van der Waals surface area contributed by atoms with Crippen molar-refractivity contribution in [3.8, 4) is 0 Å². The van der Waals surface area contributed by atoms with Gasteiger partial charge in [0, 0.05) is 12.6 Å². The number of hydrogen-bond donors (Lipinski definition) is 3. The van der Waals surface area contributed by atoms with Crippen LogP contribution < -0.4 is 10.0 Å². The van der Waals surface area contributed by atoms with Gasteiger partial charge < -0.3 is 10.4 Å². The molecule has 24 heavy (non-hydrogen) atoms. The number of aromatic nitrogens is 2. The first-order chi connectivity index (χ1) is 11.3. The molecule has 0 aliphatic heterocycles. The minimum Gasteiger partial charge on any atom is -0.476 e. The summed E-state index contributed by atoms with van der Waals surface area (Å²) in [5.41, 5.74) is 0.596. The van der Waals surface area contributed by atoms with Gasteiger partial charge in [-0.2, -0.15) is 0 Å². The summed E-state index contributed by atoms with van der Waals surface area (Å²) in [5, 5.41) is 11.7. The Morgan fingerprint density at radius 3 is 2.58 bits per heavy atom. The topological polar surface area (TPSA) is 121 Å². The van der Waals surface area contributed by atoms with Crippen molar-refractivity contribution >= 4 is 21.8 Å². The van der Waals surface area contributed by atoms with Crippen LogP contribution in [0.15, 0.2) is 41.6 Å². The number of carbonyl (C=O) groups is 1. The zero-order valence-corrected chi connectivity index (χ0v) is 14.0. The number of rotatable bonds is 7. The highest BCUT2D eigenvalue weighted by Gasteiger charge is 2.15. The fourth-order valence-electron chi connectivity index (χ4n) is 1.92. The van der Waals surface area contributed by atoms with E-state index in [4.69, 9.17) is 5.11 Å². The van der Waals surface area contributed by atoms with Crippen LogP contribution in [0.5, 0.6) is 0 Å². The smallest absolute Gasteiger partial charge is 0.356 e. The van der Waals surface area contributed by atoms with Crippen LogP contribution in [-0.2, 0) is 16.6 Å². The standard InChI is InChI=1S/C15H18N4O4S/c1-10(2)19-24(22,23)12-5-3-4-11(6-12)7-17-14-9-16-13(8-18-14)15(20)21/h3-6,8-10,19H,7H2,1-2H3,(H,17,18)(H,20,21). The number of anilines is 1. The van der Waals surface area contributed by atoms with Crippen molar-refractivity contribution in [1.82, 2.24) is 14.7 Å². The molecule has 0 radical (unpaired) electrons. The van der Waals surface area contributed by atoms with Gasteiger partial charge in [-0.15, -0.1) is 0 Å². The first-order valence-corrected chi connectivity index (χ1v) is 8.67. The summed E-state index contributed by atoms with van der Waals surface area (Å²) >= 11 is 0. The molecule has 8 nitrogen and oxygen atoms in total. The molecule has 2 aromatic rings. The summed E-state index contributed by atoms with van der Waals surface area (Å²) < 4.78 is 26.8. The van der Waals surface area contributed by atoms with Crippen molar-refractivity contribution < 1.29 is 18.3 Å². The summed E-state index contributed by atoms with van der Waals surface area (Å²) in [6.45, 7) is 3.83. The molecule has 0 spiro atoms. The van der Waals surface area contributed by atoms with E-state index in [1.165, 1.54) is 12.3 Å². The molecule has 2 rings (SSSR count). The lowest BCUT2D eigenvalue weighted by Gasteiger charge is -2.11. The van der Waals surface area contributed by atoms with Crippen LogP contribution in [-0.4, -0.2) is 35.5 Å². The monoisotopic (exact) mass is 350 g/mol. The van der Waals surface area contributed by atoms with Crippen molar-refractivity contribution in [1.29, 1.82) is 0 Å². The lowest BCUT2D eigenvalue weighted by Crippen LogP contribution is -2.30. The Morgan fingerprint density at radius 2 is 2.00 bits per heavy atom. The van der Waals surface area contributed by atoms with E-state index in [0.717, 1.165) is 11.8 Å². The van der Waals surface area contributed by atoms with E-state index in [1.807, 2.05) is 0 Å². The van der Waals surface area contributed by atoms with Crippen molar-refractivity contribution in [2.45, 2.75) is 31.3 Å². The van der Waals surface area contributed by atoms with E-state index < -0.39 is 16.0 Å². The number of sulfonamides is 1. The third kappa shape index (κ3) is 4.74. The van der Waals surface area contributed by atoms with Gasteiger partial charge in [0.1, 0.15) is 5.82 Å². The summed E-state index contributed by atoms with van der Waals surface area (Å²) in [6, 6.07) is 6.33. The number of carboxylic acids is 1. The van der Waals surface area contributed by atoms with Crippen molar-refractivity contribution in [3.05, 3.63) is 47.9 Å². The molecule has 0 aliphatic rings. The van der Waals surface area contributed by atoms with Crippen LogP contribution in [0.25, 0.3) is 0 Å². The quantitative estimate of drug-likeness (QED) is 0.691. The highest BCUT2D eigenvalue weighted by Crippen LogP contribution is 2.13. The van der Waals surface area contributed by atoms with Crippen LogP contribution >= 0.6 is 0 Å². The second kappa shape index (κ2) is 7.37. The maximum atomic E-state index is 12.2. The summed E-state index contributed by atoms with van der Waals surface area (Å²) in [7, 11) is -3.55. The number of nitrogens with zero attached hydrogens (tertiary/aromatic N) is 2. The zero-order chi connectivity index (χ0) is 17.7. The Balaban J connectivity index is 2.08. The summed E-state index contributed by atoms with van der Waals surface area (Å²) in [5.74, 6) is -0.752. The molecule has 0 saturated heterocycles. The fraction of sp³-hybridized carbons (Fsp3) is 0.267. The molecular formula is C15H18N4O4S. The molecule has 128 valence electrons. The molecule has 0 saturated carbocycles. The summed E-state index contributed by atoms with van der Waals surface area (Å²) in [4.78, 5) is 18.6. The highest BCUT2D eigenvalue weighted by molar-refractivity contribution is 7.89. The molecule has 1 aromatic heterocycles. The zero-order valence-electron chi connectivity index (χ0n) is 13.2. The Kier molecular flexibility index (Phi) is 5.47. The van der Waals surface area contributed by atoms with E-state index in [0.29, 0.717) is 12.4 Å². The third-order valence-electron chi connectivity index (χ3n) is 2.94. The van der Waals surface area contributed by atoms with E-state index in [9.17, 15) is 13.2 Å². The maximum Gasteiger partial charge on any atom is 0.356 e. The van der Waals surface area contributed by atoms with E-state index in [1.54, 1.807) is 32.0 Å². The molecule has 0 amide bonds. The molecule has 0 atom stereocenters. The summed E-state index contributed by atoms with van der Waals surface area (Å²) in [6.07, 6.45) is 2.46. The molecule has 0 unspecified atom stereocenters. The van der Waals surface area contributed by atoms with Gasteiger partial charge in [0.2, 0.25) is 10.0 Å². The lowest BCUT2D eigenvalue weighted by molar-refractivity contribution is 0.0690. The molecule has 0 fully saturated rings. The lowest BCUT2D eigenvalue weighted by atomic mass is 10.2. The van der Waals surface area contributed by atoms with Gasteiger partial charge in [-0.1, -0.05) is 12.1 Å². The minimum atomic E-state index is -3.55. The molecule has 9 heteroatoms. The van der Waals surface area contributed by atoms with Crippen LogP contribution in [0, 0.1) is 0 Å². The molecular weight excluding hydrogens is 332 g/mol. The predicted octanol–water partition coefficient (Wildman–Crippen LogP) is 1.47. The Hall–Kier alpha value is -2.52. The van der Waals surface area contributed by atoms with Crippen molar-refractivity contribution in [2.24, 2.45) is 0 Å². The van der Waals surface area contributed by atoms with E-state index >= 15 is 0 Å². The van der Waals surface area contributed by atoms with Crippen molar-refractivity contribution in [2.75, 3.05) is 5.32 Å². The number of aromatic carboxylic acids is 1. The number of hydrogen-bond acceptors (Lipinski definition) is 6. The molecule has 1 aromatic carbocycles. The first-order valence-electron chi connectivity index (χ1n) is 7.18. The normalized spacial score (nSPS) is 11.5. The van der Waals surface area contributed by atoms with Gasteiger partial charge in [-0.3, -0.25) is 0 Å². The highest BCUT2D eigenvalue weighted by atomic mass is 32.2. The minimum absolute atomic E-state index is 0.145. The Bertz CT molecular complexity index is 820. The van der Waals surface area contributed by atoms with Crippen LogP contribution in [0.4, 0.5) is 5.82 Å². The largest absolute Gasteiger partial charge is 0.476 e. The number of nitrogens with one attached hydrogen (secondary N) is 2. The Labute approximate surface area is 140 Å². The second-order valence-electron chi connectivity index (χ2n) is 5.37. The van der Waals surface area contributed by atoms with Gasteiger partial charge in [-0.25, -0.2) is 27.9 Å². The fourth-order valence-corrected chi connectivity index (χ4v) is 3.24. The van der Waals surface area contributed by atoms with Crippen LogP contribution in [0.1, 0.15) is 29.9 Å². The van der Waals surface area contributed by atoms with E-state index in [-0.39, 0.29) is 16.6 Å². The second-order valence-corrected chi connectivity index (χ2v) is 7.08. The van der Waals surface area contributed by atoms with Gasteiger partial charge in [-0.05, 0) is 31.5 Å². The molecule has 0 bridgehead atoms. The van der Waals surface area contributed by atoms with Gasteiger partial charge in [0.05, 0.1) is 17.3 Å². The average molecular weight is 350 g/mol. The number of carboxylic acid groups (broad SMARTS) is 1. The molecule has 1 heterocycles. The Morgan fingerprint density at radius 1 is 1.25 bits per heavy atom. The van der Waals surface area contributed by atoms with Gasteiger partial charge in [0.25, 0.3) is 0 Å². The van der Waals surface area contributed by atoms with Crippen molar-refractivity contribution in [3.63, 3.8) is 0 Å². The predicted molar refractivity (Wildman–Crippen MR) is 88.2 cm³/mol.